The molecule has 0 radical (unpaired) electrons. The van der Waals surface area contributed by atoms with Crippen molar-refractivity contribution in [2.45, 2.75) is 64.9 Å². The van der Waals surface area contributed by atoms with Crippen LogP contribution in [0.4, 0.5) is 0 Å². The second kappa shape index (κ2) is 13.5. The lowest BCUT2D eigenvalue weighted by Crippen LogP contribution is -2.33. The van der Waals surface area contributed by atoms with Gasteiger partial charge in [-0.3, -0.25) is 9.48 Å². The first-order chi connectivity index (χ1) is 20.8. The van der Waals surface area contributed by atoms with Gasteiger partial charge >= 0.3 is 11.9 Å². The third-order valence-corrected chi connectivity index (χ3v) is 9.26. The number of aryl methyl sites for hydroxylation is 2. The van der Waals surface area contributed by atoms with Crippen molar-refractivity contribution >= 4 is 22.0 Å². The third-order valence-electron chi connectivity index (χ3n) is 7.45. The van der Waals surface area contributed by atoms with Gasteiger partial charge in [-0.25, -0.2) is 13.2 Å². The van der Waals surface area contributed by atoms with E-state index in [4.69, 9.17) is 4.74 Å². The Hall–Kier alpha value is -4.39. The van der Waals surface area contributed by atoms with Crippen LogP contribution in [0, 0.1) is 12.3 Å². The summed E-state index contributed by atoms with van der Waals surface area (Å²) in [4.78, 5) is 24.0. The predicted octanol–water partition coefficient (Wildman–Crippen LogP) is 5.06. The maximum absolute atomic E-state index is 13.9. The Labute approximate surface area is 256 Å². The monoisotopic (exact) mass is 620 g/mol. The molecule has 0 fully saturated rings. The van der Waals surface area contributed by atoms with E-state index in [0.717, 1.165) is 5.56 Å². The molecule has 3 aromatic carbocycles. The van der Waals surface area contributed by atoms with Crippen molar-refractivity contribution in [1.29, 1.82) is 0 Å². The maximum Gasteiger partial charge on any atom is 0.335 e. The predicted molar refractivity (Wildman–Crippen MR) is 162 cm³/mol. The molecule has 4 aromatic rings. The van der Waals surface area contributed by atoms with Crippen molar-refractivity contribution in [2.75, 3.05) is 0 Å². The molecule has 4 rings (SSSR count). The number of carboxylic acid groups (broad SMARTS) is 2. The minimum absolute atomic E-state index is 0.0268. The number of hydrogen-bond acceptors (Lipinski definition) is 7. The molecular formula is C32H36N4O7S. The summed E-state index contributed by atoms with van der Waals surface area (Å²) in [5.41, 5.74) is 1.75. The SMILES string of the molecule is CCn1cc(CO[C@H](c2ccc(C)c(CN(Cc3cccc(C(=O)O)c3)S(=O)(=O)c3ccccc3)c2)C(C)(C)C(=O)O)nn1. The van der Waals surface area contributed by atoms with Crippen molar-refractivity contribution in [3.8, 4) is 0 Å². The van der Waals surface area contributed by atoms with Crippen molar-refractivity contribution in [2.24, 2.45) is 5.41 Å². The first kappa shape index (κ1) is 32.5. The highest BCUT2D eigenvalue weighted by molar-refractivity contribution is 7.89. The number of carbonyl (C=O) groups is 2. The highest BCUT2D eigenvalue weighted by Gasteiger charge is 2.39. The van der Waals surface area contributed by atoms with Gasteiger partial charge in [0.1, 0.15) is 5.69 Å². The van der Waals surface area contributed by atoms with Gasteiger partial charge in [-0.15, -0.1) is 5.10 Å². The van der Waals surface area contributed by atoms with Gasteiger partial charge in [0, 0.05) is 19.6 Å². The Morgan fingerprint density at radius 2 is 1.73 bits per heavy atom. The fourth-order valence-electron chi connectivity index (χ4n) is 4.75. The van der Waals surface area contributed by atoms with Crippen LogP contribution in [0.15, 0.2) is 83.9 Å². The topological polar surface area (TPSA) is 152 Å². The number of carboxylic acids is 2. The molecule has 0 spiro atoms. The van der Waals surface area contributed by atoms with Crippen LogP contribution in [0.1, 0.15) is 65.2 Å². The smallest absolute Gasteiger partial charge is 0.335 e. The van der Waals surface area contributed by atoms with Gasteiger partial charge in [0.25, 0.3) is 0 Å². The minimum Gasteiger partial charge on any atom is -0.481 e. The Balaban J connectivity index is 1.73. The number of nitrogens with zero attached hydrogens (tertiary/aromatic N) is 4. The van der Waals surface area contributed by atoms with E-state index in [2.05, 4.69) is 10.3 Å². The number of rotatable bonds is 14. The molecule has 0 aliphatic rings. The third kappa shape index (κ3) is 7.39. The molecule has 0 bridgehead atoms. The normalized spacial score (nSPS) is 12.8. The van der Waals surface area contributed by atoms with Crippen LogP contribution in [0.25, 0.3) is 0 Å². The number of ether oxygens (including phenoxy) is 1. The average Bonchev–Trinajstić information content (AvgIpc) is 3.47. The molecule has 0 unspecified atom stereocenters. The van der Waals surface area contributed by atoms with E-state index in [9.17, 15) is 28.2 Å². The van der Waals surface area contributed by atoms with Gasteiger partial charge in [-0.2, -0.15) is 4.31 Å². The molecule has 1 atom stereocenters. The lowest BCUT2D eigenvalue weighted by molar-refractivity contribution is -0.158. The molecule has 0 saturated heterocycles. The zero-order valence-corrected chi connectivity index (χ0v) is 25.9. The van der Waals surface area contributed by atoms with E-state index in [1.807, 2.05) is 19.9 Å². The molecule has 0 aliphatic carbocycles. The maximum atomic E-state index is 13.9. The van der Waals surface area contributed by atoms with Gasteiger partial charge in [-0.1, -0.05) is 53.7 Å². The van der Waals surface area contributed by atoms with Crippen LogP contribution in [-0.4, -0.2) is 49.9 Å². The number of benzene rings is 3. The van der Waals surface area contributed by atoms with Gasteiger partial charge in [-0.05, 0) is 74.2 Å². The van der Waals surface area contributed by atoms with Crippen molar-refractivity contribution in [3.05, 3.63) is 113 Å². The van der Waals surface area contributed by atoms with Gasteiger partial charge < -0.3 is 14.9 Å². The second-order valence-electron chi connectivity index (χ2n) is 11.1. The lowest BCUT2D eigenvalue weighted by atomic mass is 9.81. The van der Waals surface area contributed by atoms with E-state index in [1.54, 1.807) is 67.2 Å². The number of sulfonamides is 1. The first-order valence-corrected chi connectivity index (χ1v) is 15.5. The Morgan fingerprint density at radius 1 is 1.00 bits per heavy atom. The van der Waals surface area contributed by atoms with Gasteiger partial charge in [0.05, 0.1) is 34.8 Å². The molecule has 12 heteroatoms. The van der Waals surface area contributed by atoms with E-state index in [1.165, 1.54) is 28.6 Å². The summed E-state index contributed by atoms with van der Waals surface area (Å²) in [7, 11) is -4.03. The molecule has 44 heavy (non-hydrogen) atoms. The van der Waals surface area contributed by atoms with Crippen LogP contribution < -0.4 is 0 Å². The highest BCUT2D eigenvalue weighted by atomic mass is 32.2. The first-order valence-electron chi connectivity index (χ1n) is 14.0. The summed E-state index contributed by atoms with van der Waals surface area (Å²) in [6.07, 6.45) is 0.828. The zero-order valence-electron chi connectivity index (χ0n) is 25.0. The van der Waals surface area contributed by atoms with Crippen LogP contribution in [0.2, 0.25) is 0 Å². The van der Waals surface area contributed by atoms with E-state index in [0.29, 0.717) is 28.9 Å². The molecule has 0 saturated carbocycles. The van der Waals surface area contributed by atoms with Crippen molar-refractivity contribution in [1.82, 2.24) is 19.3 Å². The summed E-state index contributed by atoms with van der Waals surface area (Å²) < 4.78 is 37.0. The quantitative estimate of drug-likeness (QED) is 0.197. The number of hydrogen-bond donors (Lipinski definition) is 2. The molecule has 11 nitrogen and oxygen atoms in total. The molecule has 1 heterocycles. The fourth-order valence-corrected chi connectivity index (χ4v) is 6.18. The number of aromatic carboxylic acids is 1. The Morgan fingerprint density at radius 3 is 2.36 bits per heavy atom. The summed E-state index contributed by atoms with van der Waals surface area (Å²) in [6, 6.07) is 19.5. The van der Waals surface area contributed by atoms with E-state index >= 15 is 0 Å². The standard InChI is InChI=1S/C32H36N4O7S/c1-5-35-20-27(33-34-35)21-43-29(32(3,4)31(39)40)24-15-14-22(2)26(17-24)19-36(44(41,42)28-12-7-6-8-13-28)18-23-10-9-11-25(16-23)30(37)38/h6-17,20,29H,5,18-19,21H2,1-4H3,(H,37,38)(H,39,40)/t29-/m1/s1. The Bertz CT molecular complexity index is 1740. The molecular weight excluding hydrogens is 584 g/mol. The molecule has 232 valence electrons. The zero-order chi connectivity index (χ0) is 32.1. The van der Waals surface area contributed by atoms with E-state index in [-0.39, 0.29) is 30.2 Å². The van der Waals surface area contributed by atoms with Crippen molar-refractivity contribution in [3.63, 3.8) is 0 Å². The number of aromatic nitrogens is 3. The minimum atomic E-state index is -4.03. The van der Waals surface area contributed by atoms with Crippen molar-refractivity contribution < 1.29 is 33.0 Å². The average molecular weight is 621 g/mol. The van der Waals surface area contributed by atoms with Gasteiger partial charge in [0.15, 0.2) is 0 Å². The Kier molecular flexibility index (Phi) is 9.98. The van der Waals surface area contributed by atoms with E-state index < -0.39 is 33.5 Å². The summed E-state index contributed by atoms with van der Waals surface area (Å²) in [6.45, 7) is 7.43. The fraction of sp³-hybridized carbons (Fsp3) is 0.312. The van der Waals surface area contributed by atoms with Crippen LogP contribution in [0.3, 0.4) is 0 Å². The van der Waals surface area contributed by atoms with Crippen LogP contribution in [0.5, 0.6) is 0 Å². The van der Waals surface area contributed by atoms with Crippen LogP contribution >= 0.6 is 0 Å². The summed E-state index contributed by atoms with van der Waals surface area (Å²) >= 11 is 0. The van der Waals surface area contributed by atoms with Crippen LogP contribution in [-0.2, 0) is 45.8 Å². The summed E-state index contributed by atoms with van der Waals surface area (Å²) in [5, 5.41) is 27.7. The van der Waals surface area contributed by atoms with Gasteiger partial charge in [0.2, 0.25) is 10.0 Å². The number of aliphatic carboxylic acids is 1. The highest BCUT2D eigenvalue weighted by Crippen LogP contribution is 2.38. The summed E-state index contributed by atoms with van der Waals surface area (Å²) in [5.74, 6) is -2.18. The molecule has 0 aliphatic heterocycles. The lowest BCUT2D eigenvalue weighted by Gasteiger charge is -2.31. The largest absolute Gasteiger partial charge is 0.481 e. The molecule has 1 aromatic heterocycles. The second-order valence-corrected chi connectivity index (χ2v) is 13.0. The molecule has 2 N–H and O–H groups in total. The molecule has 0 amide bonds.